The van der Waals surface area contributed by atoms with E-state index in [9.17, 15) is 16.8 Å². The van der Waals surface area contributed by atoms with Crippen LogP contribution in [0.4, 0.5) is 0 Å². The van der Waals surface area contributed by atoms with Gasteiger partial charge in [0.1, 0.15) is 0 Å². The first kappa shape index (κ1) is 26.2. The van der Waals surface area contributed by atoms with Crippen LogP contribution in [0.5, 0.6) is 0 Å². The fraction of sp³-hybridized carbons (Fsp3) is 0. The van der Waals surface area contributed by atoms with Gasteiger partial charge in [-0.1, -0.05) is 84.9 Å². The number of benzene rings is 4. The molecule has 5 N–H and O–H groups in total. The Morgan fingerprint density at radius 1 is 0.485 bits per heavy atom. The van der Waals surface area contributed by atoms with Gasteiger partial charge in [0, 0.05) is 10.7 Å². The predicted octanol–water partition coefficient (Wildman–Crippen LogP) is 5.44. The Morgan fingerprint density at radius 3 is 1.09 bits per heavy atom. The molecule has 0 heterocycles. The standard InChI is InChI=1S/C12H9ClO2S.C12H11NO2S.H3N/c2*13-16(14,15)12-8-6-11(7-9-12)10-4-2-1-3-5-10;/h1-9H;1-9H,(H2,13,14,15);1H3. The monoisotopic (exact) mass is 502 g/mol. The van der Waals surface area contributed by atoms with Crippen LogP contribution in [-0.4, -0.2) is 16.8 Å². The summed E-state index contributed by atoms with van der Waals surface area (Å²) in [6, 6.07) is 32.5. The number of hydrogen-bond acceptors (Lipinski definition) is 5. The minimum absolute atomic E-state index is 0. The molecule has 0 saturated carbocycles. The molecular formula is C24H23ClN2O4S2. The molecule has 0 unspecified atom stereocenters. The van der Waals surface area contributed by atoms with Crippen molar-refractivity contribution in [2.75, 3.05) is 0 Å². The van der Waals surface area contributed by atoms with E-state index in [0.29, 0.717) is 0 Å². The number of halogens is 1. The smallest absolute Gasteiger partial charge is 0.261 e. The van der Waals surface area contributed by atoms with Crippen LogP contribution in [0, 0.1) is 0 Å². The average molecular weight is 503 g/mol. The Morgan fingerprint density at radius 2 is 0.788 bits per heavy atom. The van der Waals surface area contributed by atoms with Crippen molar-refractivity contribution in [2.24, 2.45) is 5.14 Å². The molecule has 0 aliphatic heterocycles. The van der Waals surface area contributed by atoms with Crippen molar-refractivity contribution in [3.8, 4) is 22.3 Å². The van der Waals surface area contributed by atoms with E-state index in [1.165, 1.54) is 24.3 Å². The quantitative estimate of drug-likeness (QED) is 0.358. The van der Waals surface area contributed by atoms with Gasteiger partial charge >= 0.3 is 0 Å². The zero-order valence-electron chi connectivity index (χ0n) is 17.5. The van der Waals surface area contributed by atoms with Gasteiger partial charge in [-0.05, 0) is 46.5 Å². The van der Waals surface area contributed by atoms with Crippen molar-refractivity contribution in [3.05, 3.63) is 109 Å². The number of rotatable bonds is 4. The third-order valence-corrected chi connectivity index (χ3v) is 6.83. The molecule has 0 aromatic heterocycles. The van der Waals surface area contributed by atoms with Crippen LogP contribution in [0.15, 0.2) is 119 Å². The summed E-state index contributed by atoms with van der Waals surface area (Å²) in [5, 5.41) is 5.02. The summed E-state index contributed by atoms with van der Waals surface area (Å²) in [5.41, 5.74) is 4.02. The SMILES string of the molecule is N.NS(=O)(=O)c1ccc(-c2ccccc2)cc1.O=S(=O)(Cl)c1ccc(-c2ccccc2)cc1. The first-order valence-electron chi connectivity index (χ1n) is 9.43. The van der Waals surface area contributed by atoms with E-state index >= 15 is 0 Å². The maximum Gasteiger partial charge on any atom is 0.261 e. The lowest BCUT2D eigenvalue weighted by Gasteiger charge is -2.02. The molecule has 0 aliphatic carbocycles. The molecule has 0 bridgehead atoms. The summed E-state index contributed by atoms with van der Waals surface area (Å²) in [7, 11) is -2.00. The van der Waals surface area contributed by atoms with Gasteiger partial charge in [-0.15, -0.1) is 0 Å². The van der Waals surface area contributed by atoms with E-state index in [1.54, 1.807) is 24.3 Å². The Labute approximate surface area is 198 Å². The second-order valence-corrected chi connectivity index (χ2v) is 10.9. The van der Waals surface area contributed by atoms with E-state index < -0.39 is 19.1 Å². The molecule has 172 valence electrons. The van der Waals surface area contributed by atoms with E-state index in [0.717, 1.165) is 22.3 Å². The second kappa shape index (κ2) is 11.2. The summed E-state index contributed by atoms with van der Waals surface area (Å²) < 4.78 is 44.2. The van der Waals surface area contributed by atoms with Crippen LogP contribution in [-0.2, 0) is 19.1 Å². The highest BCUT2D eigenvalue weighted by molar-refractivity contribution is 8.13. The van der Waals surface area contributed by atoms with Gasteiger partial charge in [0.2, 0.25) is 10.0 Å². The Kier molecular flexibility index (Phi) is 8.92. The summed E-state index contributed by atoms with van der Waals surface area (Å²) in [6.45, 7) is 0. The lowest BCUT2D eigenvalue weighted by molar-refractivity contribution is 0.597. The number of nitrogens with two attached hydrogens (primary N) is 1. The van der Waals surface area contributed by atoms with Crippen LogP contribution in [0.25, 0.3) is 22.3 Å². The third-order valence-electron chi connectivity index (χ3n) is 4.53. The maximum atomic E-state index is 11.1. The molecule has 4 aromatic rings. The molecule has 9 heteroatoms. The molecule has 0 aliphatic rings. The molecule has 4 rings (SSSR count). The normalized spacial score (nSPS) is 11.0. The van der Waals surface area contributed by atoms with Crippen molar-refractivity contribution >= 4 is 29.8 Å². The molecular weight excluding hydrogens is 480 g/mol. The highest BCUT2D eigenvalue weighted by Gasteiger charge is 2.09. The molecule has 0 amide bonds. The Hall–Kier alpha value is -3.01. The van der Waals surface area contributed by atoms with Gasteiger partial charge in [0.15, 0.2) is 0 Å². The lowest BCUT2D eigenvalue weighted by Crippen LogP contribution is -2.11. The summed E-state index contributed by atoms with van der Waals surface area (Å²) in [5.74, 6) is 0. The maximum absolute atomic E-state index is 11.1. The van der Waals surface area contributed by atoms with Crippen LogP contribution < -0.4 is 11.3 Å². The van der Waals surface area contributed by atoms with Crippen molar-refractivity contribution < 1.29 is 16.8 Å². The van der Waals surface area contributed by atoms with Crippen molar-refractivity contribution in [1.82, 2.24) is 6.15 Å². The van der Waals surface area contributed by atoms with Crippen molar-refractivity contribution in [3.63, 3.8) is 0 Å². The van der Waals surface area contributed by atoms with Crippen LogP contribution in [0.1, 0.15) is 0 Å². The first-order valence-corrected chi connectivity index (χ1v) is 13.3. The van der Waals surface area contributed by atoms with Crippen LogP contribution in [0.2, 0.25) is 0 Å². The highest BCUT2D eigenvalue weighted by atomic mass is 35.7. The predicted molar refractivity (Wildman–Crippen MR) is 133 cm³/mol. The lowest BCUT2D eigenvalue weighted by atomic mass is 10.1. The number of hydrogen-bond donors (Lipinski definition) is 2. The van der Waals surface area contributed by atoms with E-state index in [4.69, 9.17) is 15.8 Å². The molecule has 33 heavy (non-hydrogen) atoms. The van der Waals surface area contributed by atoms with Gasteiger partial charge in [-0.2, -0.15) is 0 Å². The van der Waals surface area contributed by atoms with Gasteiger partial charge in [0.05, 0.1) is 9.79 Å². The van der Waals surface area contributed by atoms with Gasteiger partial charge in [0.25, 0.3) is 9.05 Å². The summed E-state index contributed by atoms with van der Waals surface area (Å²) in [6.07, 6.45) is 0. The molecule has 4 aromatic carbocycles. The fourth-order valence-electron chi connectivity index (χ4n) is 2.91. The summed E-state index contributed by atoms with van der Waals surface area (Å²) >= 11 is 0. The molecule has 6 nitrogen and oxygen atoms in total. The minimum Gasteiger partial charge on any atom is -0.344 e. The zero-order chi connectivity index (χ0) is 23.2. The Balaban J connectivity index is 0.000000227. The van der Waals surface area contributed by atoms with Gasteiger partial charge < -0.3 is 6.15 Å². The second-order valence-electron chi connectivity index (χ2n) is 6.76. The van der Waals surface area contributed by atoms with E-state index in [2.05, 4.69) is 0 Å². The average Bonchev–Trinajstić information content (AvgIpc) is 2.80. The summed E-state index contributed by atoms with van der Waals surface area (Å²) in [4.78, 5) is 0.251. The van der Waals surface area contributed by atoms with E-state index in [1.807, 2.05) is 60.7 Å². The molecule has 0 saturated heterocycles. The molecule has 0 atom stereocenters. The highest BCUT2D eigenvalue weighted by Crippen LogP contribution is 2.22. The molecule has 0 spiro atoms. The van der Waals surface area contributed by atoms with Crippen molar-refractivity contribution in [2.45, 2.75) is 9.79 Å². The van der Waals surface area contributed by atoms with Crippen LogP contribution in [0.3, 0.4) is 0 Å². The molecule has 0 fully saturated rings. The topological polar surface area (TPSA) is 129 Å². The Bertz CT molecular complexity index is 1270. The molecule has 0 radical (unpaired) electrons. The number of primary sulfonamides is 1. The largest absolute Gasteiger partial charge is 0.344 e. The fourth-order valence-corrected chi connectivity index (χ4v) is 4.19. The number of sulfonamides is 1. The zero-order valence-corrected chi connectivity index (χ0v) is 19.9. The van der Waals surface area contributed by atoms with Gasteiger partial charge in [-0.3, -0.25) is 0 Å². The van der Waals surface area contributed by atoms with Gasteiger partial charge in [-0.25, -0.2) is 22.0 Å². The first-order chi connectivity index (χ1) is 15.1. The third kappa shape index (κ3) is 7.52. The van der Waals surface area contributed by atoms with E-state index in [-0.39, 0.29) is 15.9 Å². The van der Waals surface area contributed by atoms with Crippen molar-refractivity contribution in [1.29, 1.82) is 0 Å². The minimum atomic E-state index is -3.63. The van der Waals surface area contributed by atoms with Crippen LogP contribution >= 0.6 is 10.7 Å².